The van der Waals surface area contributed by atoms with Crippen molar-refractivity contribution in [3.8, 4) is 0 Å². The fourth-order valence-corrected chi connectivity index (χ4v) is 1.88. The number of rotatable bonds is 6. The van der Waals surface area contributed by atoms with Crippen molar-refractivity contribution in [1.82, 2.24) is 5.43 Å². The lowest BCUT2D eigenvalue weighted by atomic mass is 10.1. The van der Waals surface area contributed by atoms with E-state index in [-0.39, 0.29) is 0 Å². The van der Waals surface area contributed by atoms with Gasteiger partial charge in [0.25, 0.3) is 0 Å². The Labute approximate surface area is 109 Å². The van der Waals surface area contributed by atoms with Crippen LogP contribution in [-0.4, -0.2) is 0 Å². The van der Waals surface area contributed by atoms with Crippen molar-refractivity contribution in [3.05, 3.63) is 65.7 Å². The molecule has 0 atom stereocenters. The SMILES string of the molecule is CCCc1ccc(CNNc2ccccc2)cc1. The fraction of sp³-hybridized carbons (Fsp3) is 0.250. The highest BCUT2D eigenvalue weighted by molar-refractivity contribution is 5.41. The number of hydrogen-bond donors (Lipinski definition) is 2. The molecule has 0 unspecified atom stereocenters. The van der Waals surface area contributed by atoms with Crippen LogP contribution in [0.15, 0.2) is 54.6 Å². The lowest BCUT2D eigenvalue weighted by Crippen LogP contribution is -2.20. The summed E-state index contributed by atoms with van der Waals surface area (Å²) in [6, 6.07) is 18.9. The highest BCUT2D eigenvalue weighted by Crippen LogP contribution is 2.07. The Morgan fingerprint density at radius 2 is 1.50 bits per heavy atom. The summed E-state index contributed by atoms with van der Waals surface area (Å²) in [6.45, 7) is 3.03. The molecule has 0 aliphatic carbocycles. The van der Waals surface area contributed by atoms with Gasteiger partial charge in [0.1, 0.15) is 0 Å². The molecular formula is C16H20N2. The highest BCUT2D eigenvalue weighted by atomic mass is 15.3. The van der Waals surface area contributed by atoms with E-state index in [4.69, 9.17) is 0 Å². The molecule has 18 heavy (non-hydrogen) atoms. The molecule has 0 saturated carbocycles. The molecule has 0 fully saturated rings. The molecule has 2 aromatic rings. The maximum Gasteiger partial charge on any atom is 0.0487 e. The summed E-state index contributed by atoms with van der Waals surface area (Å²) >= 11 is 0. The lowest BCUT2D eigenvalue weighted by molar-refractivity contribution is 0.800. The van der Waals surface area contributed by atoms with Crippen LogP contribution in [0.4, 0.5) is 5.69 Å². The number of hydrogen-bond acceptors (Lipinski definition) is 2. The van der Waals surface area contributed by atoms with Crippen molar-refractivity contribution in [2.45, 2.75) is 26.3 Å². The molecule has 0 aliphatic heterocycles. The van der Waals surface area contributed by atoms with E-state index in [1.54, 1.807) is 0 Å². The van der Waals surface area contributed by atoms with Crippen LogP contribution in [0, 0.1) is 0 Å². The van der Waals surface area contributed by atoms with Crippen LogP contribution < -0.4 is 10.9 Å². The molecule has 2 rings (SSSR count). The summed E-state index contributed by atoms with van der Waals surface area (Å²) in [7, 11) is 0. The van der Waals surface area contributed by atoms with Crippen LogP contribution in [0.3, 0.4) is 0 Å². The second-order valence-corrected chi connectivity index (χ2v) is 4.41. The molecule has 0 bridgehead atoms. The standard InChI is InChI=1S/C16H20N2/c1-2-6-14-9-11-15(12-10-14)13-17-18-16-7-4-3-5-8-16/h3-5,7-12,17-18H,2,6,13H2,1H3. The van der Waals surface area contributed by atoms with Crippen LogP contribution in [0.2, 0.25) is 0 Å². The lowest BCUT2D eigenvalue weighted by Gasteiger charge is -2.08. The highest BCUT2D eigenvalue weighted by Gasteiger charge is 1.94. The maximum atomic E-state index is 3.22. The van der Waals surface area contributed by atoms with E-state index < -0.39 is 0 Å². The van der Waals surface area contributed by atoms with E-state index in [1.807, 2.05) is 30.3 Å². The summed E-state index contributed by atoms with van der Waals surface area (Å²) in [5.41, 5.74) is 10.2. The monoisotopic (exact) mass is 240 g/mol. The van der Waals surface area contributed by atoms with Crippen molar-refractivity contribution < 1.29 is 0 Å². The van der Waals surface area contributed by atoms with Crippen LogP contribution in [0.25, 0.3) is 0 Å². The molecule has 2 heteroatoms. The molecule has 2 N–H and O–H groups in total. The van der Waals surface area contributed by atoms with Gasteiger partial charge in [-0.2, -0.15) is 0 Å². The molecule has 2 nitrogen and oxygen atoms in total. The third-order valence-corrected chi connectivity index (χ3v) is 2.86. The van der Waals surface area contributed by atoms with Gasteiger partial charge in [-0.3, -0.25) is 0 Å². The summed E-state index contributed by atoms with van der Waals surface area (Å²) in [6.07, 6.45) is 2.36. The minimum atomic E-state index is 0.821. The largest absolute Gasteiger partial charge is 0.321 e. The zero-order valence-electron chi connectivity index (χ0n) is 10.8. The van der Waals surface area contributed by atoms with Gasteiger partial charge in [0.05, 0.1) is 0 Å². The molecule has 0 spiro atoms. The molecule has 0 aliphatic rings. The molecule has 2 aromatic carbocycles. The third-order valence-electron chi connectivity index (χ3n) is 2.86. The van der Waals surface area contributed by atoms with E-state index >= 15 is 0 Å². The Bertz CT molecular complexity index is 448. The Morgan fingerprint density at radius 3 is 2.17 bits per heavy atom. The van der Waals surface area contributed by atoms with Crippen molar-refractivity contribution in [2.75, 3.05) is 5.43 Å². The second kappa shape index (κ2) is 6.82. The maximum absolute atomic E-state index is 3.22. The van der Waals surface area contributed by atoms with Crippen LogP contribution in [0.5, 0.6) is 0 Å². The normalized spacial score (nSPS) is 10.3. The minimum Gasteiger partial charge on any atom is -0.321 e. The molecular weight excluding hydrogens is 220 g/mol. The number of benzene rings is 2. The smallest absolute Gasteiger partial charge is 0.0487 e. The second-order valence-electron chi connectivity index (χ2n) is 4.41. The van der Waals surface area contributed by atoms with Crippen molar-refractivity contribution in [1.29, 1.82) is 0 Å². The van der Waals surface area contributed by atoms with Gasteiger partial charge in [0.2, 0.25) is 0 Å². The zero-order chi connectivity index (χ0) is 12.6. The van der Waals surface area contributed by atoms with E-state index in [1.165, 1.54) is 17.5 Å². The van der Waals surface area contributed by atoms with Crippen LogP contribution in [-0.2, 0) is 13.0 Å². The van der Waals surface area contributed by atoms with Gasteiger partial charge in [0.15, 0.2) is 0 Å². The number of aryl methyl sites for hydroxylation is 1. The third kappa shape index (κ3) is 3.90. The first-order chi connectivity index (χ1) is 8.88. The fourth-order valence-electron chi connectivity index (χ4n) is 1.88. The summed E-state index contributed by atoms with van der Waals surface area (Å²) in [5, 5.41) is 0. The predicted molar refractivity (Wildman–Crippen MR) is 77.3 cm³/mol. The van der Waals surface area contributed by atoms with Gasteiger partial charge in [-0.05, 0) is 29.7 Å². The van der Waals surface area contributed by atoms with Crippen molar-refractivity contribution in [3.63, 3.8) is 0 Å². The van der Waals surface area contributed by atoms with Gasteiger partial charge >= 0.3 is 0 Å². The first-order valence-corrected chi connectivity index (χ1v) is 6.50. The van der Waals surface area contributed by atoms with Gasteiger partial charge in [0, 0.05) is 12.2 Å². The molecule has 0 heterocycles. The summed E-state index contributed by atoms with van der Waals surface area (Å²) in [5.74, 6) is 0. The first kappa shape index (κ1) is 12.7. The molecule has 0 radical (unpaired) electrons. The number of hydrazine groups is 1. The summed E-state index contributed by atoms with van der Waals surface area (Å²) < 4.78 is 0. The Kier molecular flexibility index (Phi) is 4.79. The number of nitrogens with one attached hydrogen (secondary N) is 2. The van der Waals surface area contributed by atoms with Gasteiger partial charge in [-0.15, -0.1) is 0 Å². The Hall–Kier alpha value is -1.80. The van der Waals surface area contributed by atoms with Crippen LogP contribution in [0.1, 0.15) is 24.5 Å². The number of para-hydroxylation sites is 1. The molecule has 0 aromatic heterocycles. The van der Waals surface area contributed by atoms with E-state index in [2.05, 4.69) is 42.0 Å². The predicted octanol–water partition coefficient (Wildman–Crippen LogP) is 3.76. The Morgan fingerprint density at radius 1 is 0.833 bits per heavy atom. The van der Waals surface area contributed by atoms with Gasteiger partial charge in [-0.25, -0.2) is 5.43 Å². The molecule has 94 valence electrons. The number of anilines is 1. The van der Waals surface area contributed by atoms with Gasteiger partial charge in [-0.1, -0.05) is 55.8 Å². The topological polar surface area (TPSA) is 24.1 Å². The zero-order valence-corrected chi connectivity index (χ0v) is 10.8. The van der Waals surface area contributed by atoms with Gasteiger partial charge < -0.3 is 5.43 Å². The first-order valence-electron chi connectivity index (χ1n) is 6.50. The summed E-state index contributed by atoms with van der Waals surface area (Å²) in [4.78, 5) is 0. The van der Waals surface area contributed by atoms with Crippen molar-refractivity contribution in [2.24, 2.45) is 0 Å². The minimum absolute atomic E-state index is 0.821. The molecule has 0 saturated heterocycles. The van der Waals surface area contributed by atoms with E-state index in [0.717, 1.165) is 18.7 Å². The Balaban J connectivity index is 1.80. The quantitative estimate of drug-likeness (QED) is 0.751. The molecule has 0 amide bonds. The van der Waals surface area contributed by atoms with E-state index in [0.29, 0.717) is 0 Å². The average molecular weight is 240 g/mol. The van der Waals surface area contributed by atoms with E-state index in [9.17, 15) is 0 Å². The average Bonchev–Trinajstić information content (AvgIpc) is 2.42. The van der Waals surface area contributed by atoms with Crippen molar-refractivity contribution >= 4 is 5.69 Å². The van der Waals surface area contributed by atoms with Crippen LogP contribution >= 0.6 is 0 Å².